The molecule has 6 heteroatoms. The number of aromatic nitrogens is 2. The Kier molecular flexibility index (Phi) is 5.62. The molecule has 4 aromatic rings. The predicted octanol–water partition coefficient (Wildman–Crippen LogP) is 5.10. The van der Waals surface area contributed by atoms with E-state index in [-0.39, 0.29) is 23.6 Å². The van der Waals surface area contributed by atoms with E-state index in [4.69, 9.17) is 5.26 Å². The van der Waals surface area contributed by atoms with Crippen LogP contribution in [0.3, 0.4) is 0 Å². The van der Waals surface area contributed by atoms with Gasteiger partial charge in [-0.25, -0.2) is 9.07 Å². The van der Waals surface area contributed by atoms with Gasteiger partial charge in [-0.1, -0.05) is 30.3 Å². The van der Waals surface area contributed by atoms with E-state index in [1.54, 1.807) is 12.1 Å². The van der Waals surface area contributed by atoms with Crippen molar-refractivity contribution in [2.45, 2.75) is 31.6 Å². The van der Waals surface area contributed by atoms with E-state index in [0.717, 1.165) is 35.0 Å². The number of hydrogen-bond donors (Lipinski definition) is 0. The number of aryl methyl sites for hydroxylation is 1. The van der Waals surface area contributed by atoms with Crippen LogP contribution < -0.4 is 0 Å². The molecule has 5 nitrogen and oxygen atoms in total. The highest BCUT2D eigenvalue weighted by molar-refractivity contribution is 5.83. The second-order valence-electron chi connectivity index (χ2n) is 9.10. The van der Waals surface area contributed by atoms with Gasteiger partial charge in [-0.2, -0.15) is 10.4 Å². The summed E-state index contributed by atoms with van der Waals surface area (Å²) in [6, 6.07) is 23.0. The molecule has 1 aliphatic heterocycles. The summed E-state index contributed by atoms with van der Waals surface area (Å²) in [6.07, 6.45) is 3.38. The first kappa shape index (κ1) is 21.8. The molecule has 1 amide bonds. The van der Waals surface area contributed by atoms with Crippen LogP contribution in [-0.4, -0.2) is 33.7 Å². The summed E-state index contributed by atoms with van der Waals surface area (Å²) >= 11 is 0. The molecule has 3 aromatic carbocycles. The normalized spacial score (nSPS) is 17.7. The quantitative estimate of drug-likeness (QED) is 0.423. The number of likely N-dealkylation sites (tertiary alicyclic amines) is 1. The van der Waals surface area contributed by atoms with Crippen LogP contribution in [0.5, 0.6) is 0 Å². The molecule has 0 N–H and O–H groups in total. The molecule has 0 bridgehead atoms. The monoisotopic (exact) mass is 452 g/mol. The van der Waals surface area contributed by atoms with Gasteiger partial charge in [0.1, 0.15) is 12.2 Å². The molecule has 1 aliphatic rings. The van der Waals surface area contributed by atoms with Crippen LogP contribution >= 0.6 is 0 Å². The summed E-state index contributed by atoms with van der Waals surface area (Å²) in [6.45, 7) is 3.32. The number of nitriles is 1. The van der Waals surface area contributed by atoms with Crippen LogP contribution in [-0.2, 0) is 16.6 Å². The maximum atomic E-state index is 13.4. The maximum Gasteiger partial charge on any atom is 0.236 e. The highest BCUT2D eigenvalue weighted by Gasteiger charge is 2.42. The Hall–Kier alpha value is -3.98. The van der Waals surface area contributed by atoms with Gasteiger partial charge in [0.15, 0.2) is 0 Å². The first-order valence-corrected chi connectivity index (χ1v) is 11.4. The van der Waals surface area contributed by atoms with Crippen molar-refractivity contribution < 1.29 is 9.18 Å². The molecular weight excluding hydrogens is 427 g/mol. The number of benzene rings is 3. The van der Waals surface area contributed by atoms with Crippen LogP contribution in [0.2, 0.25) is 0 Å². The topological polar surface area (TPSA) is 61.9 Å². The average molecular weight is 453 g/mol. The molecule has 1 atom stereocenters. The lowest BCUT2D eigenvalue weighted by atomic mass is 9.73. The standard InChI is InChI=1S/C28H25FN4O/c1-20-15-26-22(18-31-33(26)24-9-7-23(29)8-10-24)16-25(20)28(17-21-5-3-2-4-6-21)12-14-32(19-28)27(34)11-13-30/h2-10,15-16,18H,11-12,14,17,19H2,1H3. The Bertz CT molecular complexity index is 1390. The molecule has 2 heterocycles. The highest BCUT2D eigenvalue weighted by atomic mass is 19.1. The first-order valence-electron chi connectivity index (χ1n) is 11.4. The third-order valence-corrected chi connectivity index (χ3v) is 6.88. The molecule has 1 fully saturated rings. The Morgan fingerprint density at radius 1 is 1.15 bits per heavy atom. The van der Waals surface area contributed by atoms with E-state index in [2.05, 4.69) is 36.3 Å². The number of fused-ring (bicyclic) bond motifs is 1. The van der Waals surface area contributed by atoms with Gasteiger partial charge < -0.3 is 4.90 Å². The van der Waals surface area contributed by atoms with Crippen LogP contribution in [0, 0.1) is 24.1 Å². The Morgan fingerprint density at radius 3 is 2.65 bits per heavy atom. The number of rotatable bonds is 5. The number of carbonyl (C=O) groups is 1. The van der Waals surface area contributed by atoms with Crippen molar-refractivity contribution in [3.05, 3.63) is 95.4 Å². The molecule has 5 rings (SSSR count). The summed E-state index contributed by atoms with van der Waals surface area (Å²) in [4.78, 5) is 14.4. The number of nitrogens with zero attached hydrogens (tertiary/aromatic N) is 4. The summed E-state index contributed by atoms with van der Waals surface area (Å²) in [7, 11) is 0. The van der Waals surface area contributed by atoms with Gasteiger partial charge in [0, 0.05) is 23.9 Å². The first-order chi connectivity index (χ1) is 16.5. The van der Waals surface area contributed by atoms with Crippen molar-refractivity contribution in [2.75, 3.05) is 13.1 Å². The van der Waals surface area contributed by atoms with Gasteiger partial charge in [-0.05, 0) is 72.9 Å². The van der Waals surface area contributed by atoms with Crippen molar-refractivity contribution >= 4 is 16.8 Å². The fraction of sp³-hybridized carbons (Fsp3) is 0.250. The minimum atomic E-state index is -0.279. The van der Waals surface area contributed by atoms with Gasteiger partial charge >= 0.3 is 0 Å². The fourth-order valence-electron chi connectivity index (χ4n) is 5.25. The van der Waals surface area contributed by atoms with Gasteiger partial charge in [-0.3, -0.25) is 4.79 Å². The molecule has 0 saturated carbocycles. The minimum absolute atomic E-state index is 0.0934. The smallest absolute Gasteiger partial charge is 0.236 e. The SMILES string of the molecule is Cc1cc2c(cnn2-c2ccc(F)cc2)cc1C1(Cc2ccccc2)CCN(C(=O)CC#N)C1. The third kappa shape index (κ3) is 3.94. The van der Waals surface area contributed by atoms with E-state index in [0.29, 0.717) is 13.1 Å². The second kappa shape index (κ2) is 8.75. The zero-order valence-electron chi connectivity index (χ0n) is 19.0. The van der Waals surface area contributed by atoms with Gasteiger partial charge in [0.2, 0.25) is 5.91 Å². The Balaban J connectivity index is 1.58. The van der Waals surface area contributed by atoms with Gasteiger partial charge in [0.25, 0.3) is 0 Å². The lowest BCUT2D eigenvalue weighted by Gasteiger charge is -2.32. The summed E-state index contributed by atoms with van der Waals surface area (Å²) in [5.74, 6) is -0.390. The molecule has 0 radical (unpaired) electrons. The highest BCUT2D eigenvalue weighted by Crippen LogP contribution is 2.41. The van der Waals surface area contributed by atoms with Crippen molar-refractivity contribution in [3.63, 3.8) is 0 Å². The lowest BCUT2D eigenvalue weighted by Crippen LogP contribution is -2.36. The van der Waals surface area contributed by atoms with Crippen molar-refractivity contribution in [2.24, 2.45) is 0 Å². The summed E-state index contributed by atoms with van der Waals surface area (Å²) in [5.41, 5.74) is 5.06. The molecule has 0 aliphatic carbocycles. The van der Waals surface area contributed by atoms with E-state index in [1.165, 1.54) is 23.3 Å². The number of hydrogen-bond acceptors (Lipinski definition) is 3. The maximum absolute atomic E-state index is 13.4. The molecule has 1 saturated heterocycles. The fourth-order valence-corrected chi connectivity index (χ4v) is 5.25. The van der Waals surface area contributed by atoms with Crippen LogP contribution in [0.25, 0.3) is 16.6 Å². The molecule has 1 aromatic heterocycles. The van der Waals surface area contributed by atoms with E-state index < -0.39 is 0 Å². The van der Waals surface area contributed by atoms with Crippen LogP contribution in [0.4, 0.5) is 4.39 Å². The summed E-state index contributed by atoms with van der Waals surface area (Å²) in [5, 5.41) is 14.6. The van der Waals surface area contributed by atoms with Crippen molar-refractivity contribution in [1.29, 1.82) is 5.26 Å². The summed E-state index contributed by atoms with van der Waals surface area (Å²) < 4.78 is 15.2. The molecule has 0 spiro atoms. The number of amides is 1. The van der Waals surface area contributed by atoms with Crippen molar-refractivity contribution in [1.82, 2.24) is 14.7 Å². The largest absolute Gasteiger partial charge is 0.341 e. The zero-order chi connectivity index (χ0) is 23.7. The lowest BCUT2D eigenvalue weighted by molar-refractivity contribution is -0.129. The van der Waals surface area contributed by atoms with Crippen LogP contribution in [0.15, 0.2) is 72.9 Å². The molecule has 170 valence electrons. The number of halogens is 1. The minimum Gasteiger partial charge on any atom is -0.341 e. The number of carbonyl (C=O) groups excluding carboxylic acids is 1. The Labute approximate surface area is 198 Å². The van der Waals surface area contributed by atoms with Gasteiger partial charge in [-0.15, -0.1) is 0 Å². The van der Waals surface area contributed by atoms with E-state index >= 15 is 0 Å². The van der Waals surface area contributed by atoms with Gasteiger partial charge in [0.05, 0.1) is 23.5 Å². The van der Waals surface area contributed by atoms with E-state index in [1.807, 2.05) is 40.0 Å². The molecule has 1 unspecified atom stereocenters. The van der Waals surface area contributed by atoms with Crippen molar-refractivity contribution in [3.8, 4) is 11.8 Å². The second-order valence-corrected chi connectivity index (χ2v) is 9.10. The van der Waals surface area contributed by atoms with Crippen LogP contribution in [0.1, 0.15) is 29.5 Å². The average Bonchev–Trinajstić information content (AvgIpc) is 3.45. The third-order valence-electron chi connectivity index (χ3n) is 6.88. The zero-order valence-corrected chi connectivity index (χ0v) is 19.0. The van der Waals surface area contributed by atoms with E-state index in [9.17, 15) is 9.18 Å². The molecule has 34 heavy (non-hydrogen) atoms. The molecular formula is C28H25FN4O. The predicted molar refractivity (Wildman–Crippen MR) is 129 cm³/mol. The Morgan fingerprint density at radius 2 is 1.91 bits per heavy atom.